The predicted octanol–water partition coefficient (Wildman–Crippen LogP) is 3.30. The highest BCUT2D eigenvalue weighted by molar-refractivity contribution is 9.11. The van der Waals surface area contributed by atoms with Gasteiger partial charge < -0.3 is 15.3 Å². The number of carboxylic acids is 1. The molecular formula is C13H19BrN2O3S. The highest BCUT2D eigenvalue weighted by Crippen LogP contribution is 2.21. The molecule has 0 spiro atoms. The fourth-order valence-electron chi connectivity index (χ4n) is 1.84. The van der Waals surface area contributed by atoms with Crippen molar-refractivity contribution >= 4 is 39.3 Å². The quantitative estimate of drug-likeness (QED) is 0.781. The third kappa shape index (κ3) is 5.92. The minimum absolute atomic E-state index is 0.0442. The first-order valence-corrected chi connectivity index (χ1v) is 8.06. The van der Waals surface area contributed by atoms with E-state index in [0.29, 0.717) is 13.0 Å². The zero-order valence-corrected chi connectivity index (χ0v) is 14.0. The monoisotopic (exact) mass is 362 g/mol. The van der Waals surface area contributed by atoms with E-state index in [4.69, 9.17) is 5.11 Å². The number of carboxylic acid groups (broad SMARTS) is 1. The van der Waals surface area contributed by atoms with E-state index in [1.165, 1.54) is 0 Å². The highest BCUT2D eigenvalue weighted by atomic mass is 79.9. The number of nitrogens with zero attached hydrogens (tertiary/aromatic N) is 1. The van der Waals surface area contributed by atoms with E-state index in [0.717, 1.165) is 15.8 Å². The molecule has 2 N–H and O–H groups in total. The fourth-order valence-corrected chi connectivity index (χ4v) is 3.04. The van der Waals surface area contributed by atoms with Crippen LogP contribution in [0.5, 0.6) is 0 Å². The zero-order chi connectivity index (χ0) is 15.1. The van der Waals surface area contributed by atoms with Crippen LogP contribution in [0.2, 0.25) is 0 Å². The molecule has 0 aliphatic heterocycles. The van der Waals surface area contributed by atoms with Gasteiger partial charge in [0.25, 0.3) is 0 Å². The van der Waals surface area contributed by atoms with Gasteiger partial charge in [-0.3, -0.25) is 4.79 Å². The lowest BCUT2D eigenvalue weighted by Gasteiger charge is -2.22. The Morgan fingerprint density at radius 1 is 1.55 bits per heavy atom. The smallest absolute Gasteiger partial charge is 0.317 e. The van der Waals surface area contributed by atoms with Crippen molar-refractivity contribution < 1.29 is 14.7 Å². The fraction of sp³-hybridized carbons (Fsp3) is 0.538. The third-order valence-electron chi connectivity index (χ3n) is 2.77. The number of halogens is 1. The summed E-state index contributed by atoms with van der Waals surface area (Å²) in [5.41, 5.74) is 1.05. The van der Waals surface area contributed by atoms with E-state index < -0.39 is 5.97 Å². The first kappa shape index (κ1) is 17.0. The van der Waals surface area contributed by atoms with Gasteiger partial charge in [-0.1, -0.05) is 13.3 Å². The number of amides is 2. The van der Waals surface area contributed by atoms with Crippen LogP contribution in [0.3, 0.4) is 0 Å². The van der Waals surface area contributed by atoms with Crippen molar-refractivity contribution in [1.29, 1.82) is 0 Å². The minimum atomic E-state index is -0.895. The van der Waals surface area contributed by atoms with E-state index in [-0.39, 0.29) is 18.5 Å². The Bertz CT molecular complexity index is 464. The molecule has 1 aromatic heterocycles. The van der Waals surface area contributed by atoms with Crippen LogP contribution < -0.4 is 5.32 Å². The lowest BCUT2D eigenvalue weighted by Crippen LogP contribution is -2.43. The number of hydrogen-bond donors (Lipinski definition) is 2. The van der Waals surface area contributed by atoms with E-state index in [1.807, 2.05) is 18.4 Å². The molecule has 20 heavy (non-hydrogen) atoms. The van der Waals surface area contributed by atoms with Crippen molar-refractivity contribution in [2.45, 2.75) is 38.8 Å². The summed E-state index contributed by atoms with van der Waals surface area (Å²) in [4.78, 5) is 24.3. The largest absolute Gasteiger partial charge is 0.481 e. The molecule has 1 atom stereocenters. The molecule has 5 nitrogen and oxygen atoms in total. The lowest BCUT2D eigenvalue weighted by molar-refractivity contribution is -0.137. The maximum atomic E-state index is 12.0. The van der Waals surface area contributed by atoms with Crippen LogP contribution in [-0.4, -0.2) is 35.1 Å². The maximum Gasteiger partial charge on any atom is 0.317 e. The number of rotatable bonds is 7. The Labute approximate surface area is 131 Å². The second-order valence-electron chi connectivity index (χ2n) is 4.65. The van der Waals surface area contributed by atoms with Crippen LogP contribution in [0, 0.1) is 0 Å². The Kier molecular flexibility index (Phi) is 7.01. The molecule has 0 aromatic carbocycles. The standard InChI is InChI=1S/C13H19BrN2O3S/c1-3-4-10(6-12(17)18)15-13(19)16(2)7-9-5-11(14)20-8-9/h5,8,10H,3-4,6-7H2,1-2H3,(H,15,19)(H,17,18). The molecule has 7 heteroatoms. The van der Waals surface area contributed by atoms with Gasteiger partial charge in [0.15, 0.2) is 0 Å². The molecule has 112 valence electrons. The second kappa shape index (κ2) is 8.26. The number of urea groups is 1. The second-order valence-corrected chi connectivity index (χ2v) is 6.94. The van der Waals surface area contributed by atoms with Gasteiger partial charge in [0.2, 0.25) is 0 Å². The molecule has 0 aliphatic carbocycles. The summed E-state index contributed by atoms with van der Waals surface area (Å²) in [5, 5.41) is 13.6. The summed E-state index contributed by atoms with van der Waals surface area (Å²) in [7, 11) is 1.70. The molecule has 0 saturated heterocycles. The summed E-state index contributed by atoms with van der Waals surface area (Å²) >= 11 is 4.95. The van der Waals surface area contributed by atoms with Gasteiger partial charge in [-0.15, -0.1) is 11.3 Å². The zero-order valence-electron chi connectivity index (χ0n) is 11.6. The van der Waals surface area contributed by atoms with Crippen LogP contribution in [-0.2, 0) is 11.3 Å². The Balaban J connectivity index is 2.52. The predicted molar refractivity (Wildman–Crippen MR) is 83.0 cm³/mol. The Morgan fingerprint density at radius 3 is 2.75 bits per heavy atom. The highest BCUT2D eigenvalue weighted by Gasteiger charge is 2.17. The van der Waals surface area contributed by atoms with Gasteiger partial charge in [0.1, 0.15) is 0 Å². The molecular weight excluding hydrogens is 344 g/mol. The average Bonchev–Trinajstić information content (AvgIpc) is 2.74. The summed E-state index contributed by atoms with van der Waals surface area (Å²) in [6.45, 7) is 2.47. The average molecular weight is 363 g/mol. The van der Waals surface area contributed by atoms with E-state index in [2.05, 4.69) is 21.2 Å². The molecule has 2 amide bonds. The first-order chi connectivity index (χ1) is 9.42. The topological polar surface area (TPSA) is 69.6 Å². The summed E-state index contributed by atoms with van der Waals surface area (Å²) in [5.74, 6) is -0.895. The van der Waals surface area contributed by atoms with Gasteiger partial charge >= 0.3 is 12.0 Å². The molecule has 1 unspecified atom stereocenters. The van der Waals surface area contributed by atoms with Gasteiger partial charge in [-0.05, 0) is 39.4 Å². The molecule has 0 saturated carbocycles. The van der Waals surface area contributed by atoms with Crippen molar-refractivity contribution in [1.82, 2.24) is 10.2 Å². The third-order valence-corrected chi connectivity index (χ3v) is 4.33. The molecule has 1 rings (SSSR count). The van der Waals surface area contributed by atoms with Crippen molar-refractivity contribution in [3.8, 4) is 0 Å². The molecule has 1 aromatic rings. The van der Waals surface area contributed by atoms with Crippen molar-refractivity contribution in [2.75, 3.05) is 7.05 Å². The molecule has 0 fully saturated rings. The molecule has 1 heterocycles. The van der Waals surface area contributed by atoms with Gasteiger partial charge in [-0.2, -0.15) is 0 Å². The lowest BCUT2D eigenvalue weighted by atomic mass is 10.1. The molecule has 0 radical (unpaired) electrons. The summed E-state index contributed by atoms with van der Waals surface area (Å²) in [6.07, 6.45) is 1.45. The van der Waals surface area contributed by atoms with Crippen LogP contribution >= 0.6 is 27.3 Å². The van der Waals surface area contributed by atoms with E-state index in [1.54, 1.807) is 23.3 Å². The SMILES string of the molecule is CCCC(CC(=O)O)NC(=O)N(C)Cc1csc(Br)c1. The Morgan fingerprint density at radius 2 is 2.25 bits per heavy atom. The van der Waals surface area contributed by atoms with E-state index in [9.17, 15) is 9.59 Å². The minimum Gasteiger partial charge on any atom is -0.481 e. The van der Waals surface area contributed by atoms with Gasteiger partial charge in [-0.25, -0.2) is 4.79 Å². The van der Waals surface area contributed by atoms with Gasteiger partial charge in [0.05, 0.1) is 10.2 Å². The van der Waals surface area contributed by atoms with E-state index >= 15 is 0 Å². The van der Waals surface area contributed by atoms with Crippen molar-refractivity contribution in [3.05, 3.63) is 20.8 Å². The number of nitrogens with one attached hydrogen (secondary N) is 1. The molecule has 0 bridgehead atoms. The maximum absolute atomic E-state index is 12.0. The first-order valence-electron chi connectivity index (χ1n) is 6.38. The number of aliphatic carboxylic acids is 1. The number of hydrogen-bond acceptors (Lipinski definition) is 3. The number of thiophene rings is 1. The van der Waals surface area contributed by atoms with Crippen molar-refractivity contribution in [3.63, 3.8) is 0 Å². The normalized spacial score (nSPS) is 11.9. The van der Waals surface area contributed by atoms with Crippen molar-refractivity contribution in [2.24, 2.45) is 0 Å². The number of carbonyl (C=O) groups is 2. The van der Waals surface area contributed by atoms with Crippen LogP contribution in [0.4, 0.5) is 4.79 Å². The summed E-state index contributed by atoms with van der Waals surface area (Å²) in [6, 6.07) is 1.41. The van der Waals surface area contributed by atoms with Crippen LogP contribution in [0.15, 0.2) is 15.2 Å². The summed E-state index contributed by atoms with van der Waals surface area (Å²) < 4.78 is 1.02. The van der Waals surface area contributed by atoms with Gasteiger partial charge in [0, 0.05) is 19.6 Å². The number of carbonyl (C=O) groups excluding carboxylic acids is 1. The molecule has 0 aliphatic rings. The van der Waals surface area contributed by atoms with Crippen LogP contribution in [0.1, 0.15) is 31.7 Å². The Hall–Kier alpha value is -1.08. The van der Waals surface area contributed by atoms with Crippen LogP contribution in [0.25, 0.3) is 0 Å².